The van der Waals surface area contributed by atoms with Crippen LogP contribution < -0.4 is 9.64 Å². The first-order valence-electron chi connectivity index (χ1n) is 5.85. The first kappa shape index (κ1) is 12.9. The lowest BCUT2D eigenvalue weighted by molar-refractivity contribution is 0.174. The zero-order valence-corrected chi connectivity index (χ0v) is 11.8. The van der Waals surface area contributed by atoms with E-state index >= 15 is 0 Å². The molecule has 1 aliphatic heterocycles. The number of cyclic esters (lactones) is 1. The number of rotatable bonds is 4. The van der Waals surface area contributed by atoms with Crippen LogP contribution in [0, 0.1) is 0 Å². The number of anilines is 1. The molecule has 3 rings (SSSR count). The fraction of sp³-hybridized carbons (Fsp3) is 0.250. The number of ether oxygens (including phenoxy) is 2. The van der Waals surface area contributed by atoms with Crippen LogP contribution in [0.4, 0.5) is 10.6 Å². The Kier molecular flexibility index (Phi) is 3.55. The van der Waals surface area contributed by atoms with Crippen molar-refractivity contribution in [1.29, 1.82) is 0 Å². The van der Waals surface area contributed by atoms with Crippen molar-refractivity contribution < 1.29 is 18.8 Å². The van der Waals surface area contributed by atoms with Crippen molar-refractivity contribution in [3.05, 3.63) is 35.1 Å². The van der Waals surface area contributed by atoms with Gasteiger partial charge < -0.3 is 14.0 Å². The number of amides is 1. The van der Waals surface area contributed by atoms with Crippen molar-refractivity contribution in [1.82, 2.24) is 10.1 Å². The summed E-state index contributed by atoms with van der Waals surface area (Å²) in [7, 11) is 0. The minimum Gasteiger partial charge on any atom is -0.473 e. The quantitative estimate of drug-likeness (QED) is 0.849. The van der Waals surface area contributed by atoms with Gasteiger partial charge in [0.05, 0.1) is 0 Å². The Bertz CT molecular complexity index is 605. The summed E-state index contributed by atoms with van der Waals surface area (Å²) < 4.78 is 16.0. The maximum atomic E-state index is 11.8. The lowest BCUT2D eigenvalue weighted by Crippen LogP contribution is -2.38. The van der Waals surface area contributed by atoms with E-state index in [1.165, 1.54) is 11.2 Å². The minimum absolute atomic E-state index is 0.241. The van der Waals surface area contributed by atoms with Crippen LogP contribution in [0.3, 0.4) is 0 Å². The maximum Gasteiger partial charge on any atom is 0.416 e. The summed E-state index contributed by atoms with van der Waals surface area (Å²) in [4.78, 5) is 17.5. The fourth-order valence-corrected chi connectivity index (χ4v) is 2.17. The molecule has 1 aliphatic rings. The zero-order chi connectivity index (χ0) is 13.9. The lowest BCUT2D eigenvalue weighted by atomic mass is 10.3. The predicted molar refractivity (Wildman–Crippen MR) is 71.6 cm³/mol. The van der Waals surface area contributed by atoms with E-state index in [0.29, 0.717) is 11.7 Å². The highest BCUT2D eigenvalue weighted by Gasteiger charge is 2.35. The van der Waals surface area contributed by atoms with Gasteiger partial charge in [0.2, 0.25) is 0 Å². The van der Waals surface area contributed by atoms with Crippen molar-refractivity contribution in [3.63, 3.8) is 0 Å². The predicted octanol–water partition coefficient (Wildman–Crippen LogP) is 2.24. The van der Waals surface area contributed by atoms with Crippen molar-refractivity contribution in [2.24, 2.45) is 0 Å². The van der Waals surface area contributed by atoms with Crippen LogP contribution in [0.25, 0.3) is 0 Å². The van der Waals surface area contributed by atoms with E-state index in [0.717, 1.165) is 4.47 Å². The van der Waals surface area contributed by atoms with E-state index in [-0.39, 0.29) is 19.3 Å². The van der Waals surface area contributed by atoms with Gasteiger partial charge in [-0.05, 0) is 17.3 Å². The summed E-state index contributed by atoms with van der Waals surface area (Å²) in [5.74, 6) is 0.877. The van der Waals surface area contributed by atoms with Crippen molar-refractivity contribution >= 4 is 27.8 Å². The van der Waals surface area contributed by atoms with E-state index in [4.69, 9.17) is 9.47 Å². The summed E-state index contributed by atoms with van der Waals surface area (Å²) in [5, 5.41) is 3.64. The number of pyridine rings is 1. The van der Waals surface area contributed by atoms with Crippen LogP contribution in [0.5, 0.6) is 5.88 Å². The molecule has 8 heteroatoms. The Morgan fingerprint density at radius 3 is 3.15 bits per heavy atom. The molecule has 1 saturated heterocycles. The second-order valence-corrected chi connectivity index (χ2v) is 5.00. The summed E-state index contributed by atoms with van der Waals surface area (Å²) >= 11 is 3.35. The molecule has 0 unspecified atom stereocenters. The third-order valence-electron chi connectivity index (χ3n) is 2.75. The van der Waals surface area contributed by atoms with Crippen LogP contribution in [-0.4, -0.2) is 35.5 Å². The third kappa shape index (κ3) is 2.60. The first-order chi connectivity index (χ1) is 9.74. The van der Waals surface area contributed by atoms with Gasteiger partial charge in [-0.15, -0.1) is 0 Å². The summed E-state index contributed by atoms with van der Waals surface area (Å²) in [6.45, 7) is 0.483. The molecule has 1 amide bonds. The summed E-state index contributed by atoms with van der Waals surface area (Å²) in [6, 6.07) is 4.86. The molecule has 2 aromatic heterocycles. The Morgan fingerprint density at radius 2 is 2.40 bits per heavy atom. The molecule has 0 aromatic carbocycles. The fourth-order valence-electron chi connectivity index (χ4n) is 1.85. The zero-order valence-electron chi connectivity index (χ0n) is 10.2. The molecule has 20 heavy (non-hydrogen) atoms. The molecular formula is C12H10BrN3O4. The number of carbonyl (C=O) groups is 1. The Balaban J connectivity index is 1.75. The van der Waals surface area contributed by atoms with Gasteiger partial charge in [-0.25, -0.2) is 9.78 Å². The van der Waals surface area contributed by atoms with Crippen molar-refractivity contribution in [2.75, 3.05) is 18.1 Å². The topological polar surface area (TPSA) is 77.7 Å². The molecule has 0 radical (unpaired) electrons. The smallest absolute Gasteiger partial charge is 0.416 e. The standard InChI is InChI=1S/C12H10BrN3O4/c13-8-1-3-14-10(5-8)16-9(7-19-12(16)17)6-18-11-2-4-20-15-11/h1-5,9H,6-7H2/t9-/m1/s1. The van der Waals surface area contributed by atoms with Gasteiger partial charge in [0.15, 0.2) is 0 Å². The van der Waals surface area contributed by atoms with Crippen LogP contribution in [0.15, 0.2) is 39.7 Å². The SMILES string of the molecule is O=C1OC[C@@H](COc2ccon2)N1c1cc(Br)ccn1. The summed E-state index contributed by atoms with van der Waals surface area (Å²) in [6.07, 6.45) is 2.59. The van der Waals surface area contributed by atoms with Crippen LogP contribution >= 0.6 is 15.9 Å². The molecule has 2 aromatic rings. The van der Waals surface area contributed by atoms with Gasteiger partial charge in [0.1, 0.15) is 31.3 Å². The van der Waals surface area contributed by atoms with Crippen molar-refractivity contribution in [2.45, 2.75) is 6.04 Å². The van der Waals surface area contributed by atoms with E-state index in [2.05, 4.69) is 30.6 Å². The van der Waals surface area contributed by atoms with Crippen LogP contribution in [-0.2, 0) is 4.74 Å². The molecule has 1 atom stereocenters. The number of aromatic nitrogens is 2. The van der Waals surface area contributed by atoms with Crippen LogP contribution in [0.2, 0.25) is 0 Å². The number of halogens is 1. The molecule has 7 nitrogen and oxygen atoms in total. The molecule has 0 saturated carbocycles. The second kappa shape index (κ2) is 5.49. The maximum absolute atomic E-state index is 11.8. The summed E-state index contributed by atoms with van der Waals surface area (Å²) in [5.41, 5.74) is 0. The third-order valence-corrected chi connectivity index (χ3v) is 3.25. The molecule has 104 valence electrons. The van der Waals surface area contributed by atoms with E-state index < -0.39 is 6.09 Å². The molecule has 0 bridgehead atoms. The van der Waals surface area contributed by atoms with E-state index in [9.17, 15) is 4.79 Å². The first-order valence-corrected chi connectivity index (χ1v) is 6.64. The molecule has 0 spiro atoms. The Labute approximate surface area is 122 Å². The molecule has 0 aliphatic carbocycles. The minimum atomic E-state index is -0.440. The van der Waals surface area contributed by atoms with Gasteiger partial charge in [-0.2, -0.15) is 0 Å². The highest BCUT2D eigenvalue weighted by molar-refractivity contribution is 9.10. The largest absolute Gasteiger partial charge is 0.473 e. The number of hydrogen-bond donors (Lipinski definition) is 0. The van der Waals surface area contributed by atoms with E-state index in [1.54, 1.807) is 24.4 Å². The van der Waals surface area contributed by atoms with E-state index in [1.807, 2.05) is 0 Å². The second-order valence-electron chi connectivity index (χ2n) is 4.08. The number of nitrogens with zero attached hydrogens (tertiary/aromatic N) is 3. The van der Waals surface area contributed by atoms with Gasteiger partial charge in [-0.3, -0.25) is 4.90 Å². The molecular weight excluding hydrogens is 330 g/mol. The van der Waals surface area contributed by atoms with Crippen molar-refractivity contribution in [3.8, 4) is 5.88 Å². The highest BCUT2D eigenvalue weighted by atomic mass is 79.9. The average molecular weight is 340 g/mol. The average Bonchev–Trinajstić information content (AvgIpc) is 3.06. The normalized spacial score (nSPS) is 18.1. The highest BCUT2D eigenvalue weighted by Crippen LogP contribution is 2.24. The number of hydrogen-bond acceptors (Lipinski definition) is 6. The Hall–Kier alpha value is -2.09. The molecule has 3 heterocycles. The van der Waals surface area contributed by atoms with Gasteiger partial charge >= 0.3 is 6.09 Å². The molecule has 0 N–H and O–H groups in total. The monoisotopic (exact) mass is 339 g/mol. The molecule has 1 fully saturated rings. The number of carbonyl (C=O) groups excluding carboxylic acids is 1. The van der Waals surface area contributed by atoms with Gasteiger partial charge in [0.25, 0.3) is 5.88 Å². The van der Waals surface area contributed by atoms with Crippen LogP contribution in [0.1, 0.15) is 0 Å². The van der Waals surface area contributed by atoms with Gasteiger partial charge in [-0.1, -0.05) is 15.9 Å². The Morgan fingerprint density at radius 1 is 1.50 bits per heavy atom. The van der Waals surface area contributed by atoms with Gasteiger partial charge in [0, 0.05) is 16.7 Å². The lowest BCUT2D eigenvalue weighted by Gasteiger charge is -2.20.